The van der Waals surface area contributed by atoms with Gasteiger partial charge >= 0.3 is 6.09 Å². The summed E-state index contributed by atoms with van der Waals surface area (Å²) in [7, 11) is 1.69. The van der Waals surface area contributed by atoms with Crippen LogP contribution in [0.25, 0.3) is 0 Å². The Labute approximate surface area is 209 Å². The summed E-state index contributed by atoms with van der Waals surface area (Å²) in [5.74, 6) is 0.598. The number of amides is 2. The van der Waals surface area contributed by atoms with E-state index in [9.17, 15) is 9.59 Å². The highest BCUT2D eigenvalue weighted by Crippen LogP contribution is 2.13. The minimum Gasteiger partial charge on any atom is -0.444 e. The van der Waals surface area contributed by atoms with Gasteiger partial charge in [0, 0.05) is 31.7 Å². The second-order valence-corrected chi connectivity index (χ2v) is 9.29. The number of rotatable bonds is 8. The van der Waals surface area contributed by atoms with Crippen LogP contribution in [0.1, 0.15) is 60.5 Å². The number of nitrogens with zero attached hydrogens (tertiary/aromatic N) is 1. The fraction of sp³-hybridized carbons (Fsp3) is 0.609. The summed E-state index contributed by atoms with van der Waals surface area (Å²) in [6, 6.07) is 7.71. The molecule has 0 heterocycles. The number of benzene rings is 1. The van der Waals surface area contributed by atoms with E-state index in [-0.39, 0.29) is 35.8 Å². The molecule has 182 valence electrons. The van der Waals surface area contributed by atoms with Crippen molar-refractivity contribution in [2.45, 2.75) is 72.6 Å². The highest BCUT2D eigenvalue weighted by atomic mass is 127. The van der Waals surface area contributed by atoms with Crippen LogP contribution in [-0.4, -0.2) is 42.7 Å². The second kappa shape index (κ2) is 13.5. The molecule has 0 aliphatic carbocycles. The first kappa shape index (κ1) is 30.0. The van der Waals surface area contributed by atoms with Gasteiger partial charge in [0.05, 0.1) is 5.54 Å². The largest absolute Gasteiger partial charge is 0.444 e. The molecular formula is C23H40IN5O3. The van der Waals surface area contributed by atoms with E-state index in [0.717, 1.165) is 17.7 Å². The first-order chi connectivity index (χ1) is 14.3. The van der Waals surface area contributed by atoms with Crippen LogP contribution in [0, 0.1) is 5.92 Å². The average molecular weight is 562 g/mol. The van der Waals surface area contributed by atoms with Crippen molar-refractivity contribution in [3.63, 3.8) is 0 Å². The molecule has 0 aromatic heterocycles. The molecule has 32 heavy (non-hydrogen) atoms. The van der Waals surface area contributed by atoms with Gasteiger partial charge in [-0.1, -0.05) is 26.0 Å². The SMILES string of the molecule is CCC(C)C(=O)Nc1cccc(CNC(=NC)NCC(C)(C)NC(=O)OC(C)(C)C)c1.I. The van der Waals surface area contributed by atoms with E-state index in [1.807, 2.05) is 72.7 Å². The summed E-state index contributed by atoms with van der Waals surface area (Å²) in [6.45, 7) is 14.2. The van der Waals surface area contributed by atoms with Crippen LogP contribution >= 0.6 is 24.0 Å². The molecule has 4 N–H and O–H groups in total. The quantitative estimate of drug-likeness (QED) is 0.216. The van der Waals surface area contributed by atoms with Gasteiger partial charge < -0.3 is 26.0 Å². The highest BCUT2D eigenvalue weighted by molar-refractivity contribution is 14.0. The Morgan fingerprint density at radius 2 is 1.78 bits per heavy atom. The molecule has 1 rings (SSSR count). The summed E-state index contributed by atoms with van der Waals surface area (Å²) < 4.78 is 5.32. The fourth-order valence-electron chi connectivity index (χ4n) is 2.55. The van der Waals surface area contributed by atoms with Crippen molar-refractivity contribution < 1.29 is 14.3 Å². The molecule has 0 aliphatic heterocycles. The maximum atomic E-state index is 12.1. The van der Waals surface area contributed by atoms with Gasteiger partial charge in [0.2, 0.25) is 5.91 Å². The first-order valence-electron chi connectivity index (χ1n) is 10.7. The Bertz CT molecular complexity index is 775. The number of guanidine groups is 1. The molecule has 1 atom stereocenters. The van der Waals surface area contributed by atoms with E-state index < -0.39 is 17.2 Å². The molecule has 0 saturated carbocycles. The van der Waals surface area contributed by atoms with Crippen molar-refractivity contribution in [3.8, 4) is 0 Å². The Morgan fingerprint density at radius 3 is 2.34 bits per heavy atom. The molecule has 1 unspecified atom stereocenters. The van der Waals surface area contributed by atoms with Gasteiger partial charge in [-0.15, -0.1) is 24.0 Å². The molecule has 0 radical (unpaired) electrons. The molecule has 1 aromatic carbocycles. The summed E-state index contributed by atoms with van der Waals surface area (Å²) >= 11 is 0. The average Bonchev–Trinajstić information content (AvgIpc) is 2.65. The number of hydrogen-bond donors (Lipinski definition) is 4. The normalized spacial score (nSPS) is 12.8. The molecule has 0 bridgehead atoms. The van der Waals surface area contributed by atoms with Crippen molar-refractivity contribution in [3.05, 3.63) is 29.8 Å². The predicted octanol–water partition coefficient (Wildman–Crippen LogP) is 4.26. The van der Waals surface area contributed by atoms with E-state index in [4.69, 9.17) is 4.74 Å². The third kappa shape index (κ3) is 12.1. The molecule has 0 saturated heterocycles. The van der Waals surface area contributed by atoms with Crippen LogP contribution in [0.3, 0.4) is 0 Å². The molecule has 0 spiro atoms. The topological polar surface area (TPSA) is 104 Å². The molecule has 1 aromatic rings. The lowest BCUT2D eigenvalue weighted by molar-refractivity contribution is -0.119. The zero-order chi connectivity index (χ0) is 23.7. The number of ether oxygens (including phenoxy) is 1. The number of halogens is 1. The van der Waals surface area contributed by atoms with Crippen LogP contribution in [0.15, 0.2) is 29.3 Å². The van der Waals surface area contributed by atoms with Gasteiger partial charge in [0.15, 0.2) is 5.96 Å². The number of carbonyl (C=O) groups is 2. The maximum absolute atomic E-state index is 12.1. The van der Waals surface area contributed by atoms with Crippen molar-refractivity contribution in [2.75, 3.05) is 18.9 Å². The number of aliphatic imine (C=N–C) groups is 1. The Morgan fingerprint density at radius 1 is 1.12 bits per heavy atom. The minimum absolute atomic E-state index is 0. The maximum Gasteiger partial charge on any atom is 0.408 e. The van der Waals surface area contributed by atoms with Gasteiger partial charge in [0.1, 0.15) is 5.60 Å². The fourth-order valence-corrected chi connectivity index (χ4v) is 2.55. The Balaban J connectivity index is 0.00000961. The third-order valence-electron chi connectivity index (χ3n) is 4.48. The van der Waals surface area contributed by atoms with E-state index in [1.54, 1.807) is 7.05 Å². The summed E-state index contributed by atoms with van der Waals surface area (Å²) in [5, 5.41) is 12.3. The van der Waals surface area contributed by atoms with Crippen molar-refractivity contribution >= 4 is 47.6 Å². The molecule has 8 nitrogen and oxygen atoms in total. The zero-order valence-corrected chi connectivity index (χ0v) is 22.9. The number of carbonyl (C=O) groups excluding carboxylic acids is 2. The number of alkyl carbamates (subject to hydrolysis) is 1. The van der Waals surface area contributed by atoms with E-state index in [0.29, 0.717) is 19.0 Å². The van der Waals surface area contributed by atoms with Gasteiger partial charge in [-0.05, 0) is 58.7 Å². The first-order valence-corrected chi connectivity index (χ1v) is 10.7. The van der Waals surface area contributed by atoms with Crippen LogP contribution in [-0.2, 0) is 16.1 Å². The van der Waals surface area contributed by atoms with Crippen molar-refractivity contribution in [2.24, 2.45) is 10.9 Å². The van der Waals surface area contributed by atoms with Crippen molar-refractivity contribution in [1.29, 1.82) is 0 Å². The van der Waals surface area contributed by atoms with Crippen LogP contribution in [0.2, 0.25) is 0 Å². The highest BCUT2D eigenvalue weighted by Gasteiger charge is 2.24. The lowest BCUT2D eigenvalue weighted by atomic mass is 10.1. The van der Waals surface area contributed by atoms with E-state index >= 15 is 0 Å². The van der Waals surface area contributed by atoms with Crippen LogP contribution in [0.5, 0.6) is 0 Å². The van der Waals surface area contributed by atoms with E-state index in [2.05, 4.69) is 26.3 Å². The molecule has 0 aliphatic rings. The van der Waals surface area contributed by atoms with Crippen molar-refractivity contribution in [1.82, 2.24) is 16.0 Å². The molecule has 2 amide bonds. The lowest BCUT2D eigenvalue weighted by Crippen LogP contribution is -2.54. The third-order valence-corrected chi connectivity index (χ3v) is 4.48. The minimum atomic E-state index is -0.548. The predicted molar refractivity (Wildman–Crippen MR) is 142 cm³/mol. The van der Waals surface area contributed by atoms with Gasteiger partial charge in [-0.3, -0.25) is 9.79 Å². The van der Waals surface area contributed by atoms with E-state index in [1.165, 1.54) is 0 Å². The zero-order valence-electron chi connectivity index (χ0n) is 20.6. The Kier molecular flexibility index (Phi) is 12.6. The molecule has 0 fully saturated rings. The standard InChI is InChI=1S/C23H39N5O3.HI/c1-9-16(2)19(29)27-18-12-10-11-17(13-18)14-25-20(24-8)26-15-23(6,7)28-21(30)31-22(3,4)5;/h10-13,16H,9,14-15H2,1-8H3,(H,27,29)(H,28,30)(H2,24,25,26);1H. The second-order valence-electron chi connectivity index (χ2n) is 9.29. The lowest BCUT2D eigenvalue weighted by Gasteiger charge is -2.29. The number of anilines is 1. The smallest absolute Gasteiger partial charge is 0.408 e. The van der Waals surface area contributed by atoms with Crippen LogP contribution in [0.4, 0.5) is 10.5 Å². The van der Waals surface area contributed by atoms with Gasteiger partial charge in [0.25, 0.3) is 0 Å². The summed E-state index contributed by atoms with van der Waals surface area (Å²) in [6.07, 6.45) is 0.340. The Hall–Kier alpha value is -2.04. The summed E-state index contributed by atoms with van der Waals surface area (Å²) in [5.41, 5.74) is 0.694. The van der Waals surface area contributed by atoms with Crippen LogP contribution < -0.4 is 21.3 Å². The number of nitrogens with one attached hydrogen (secondary N) is 4. The summed E-state index contributed by atoms with van der Waals surface area (Å²) in [4.78, 5) is 28.4. The number of hydrogen-bond acceptors (Lipinski definition) is 4. The van der Waals surface area contributed by atoms with Gasteiger partial charge in [-0.2, -0.15) is 0 Å². The monoisotopic (exact) mass is 561 g/mol. The van der Waals surface area contributed by atoms with Gasteiger partial charge in [-0.25, -0.2) is 4.79 Å². The molecular weight excluding hydrogens is 521 g/mol. The molecule has 9 heteroatoms.